The number of likely N-dealkylation sites (N-methyl/N-ethyl adjacent to an activating group) is 1. The van der Waals surface area contributed by atoms with Crippen LogP contribution >= 0.6 is 11.6 Å². The van der Waals surface area contributed by atoms with Gasteiger partial charge in [-0.1, -0.05) is 23.7 Å². The lowest BCUT2D eigenvalue weighted by atomic mass is 9.89. The predicted octanol–water partition coefficient (Wildman–Crippen LogP) is 3.24. The summed E-state index contributed by atoms with van der Waals surface area (Å²) in [5.41, 5.74) is 2.71. The number of carbonyl (C=O) groups is 1. The predicted molar refractivity (Wildman–Crippen MR) is 91.7 cm³/mol. The lowest BCUT2D eigenvalue weighted by Crippen LogP contribution is -2.37. The van der Waals surface area contributed by atoms with E-state index in [9.17, 15) is 4.79 Å². The number of rotatable bonds is 2. The van der Waals surface area contributed by atoms with Crippen LogP contribution in [-0.4, -0.2) is 31.2 Å². The van der Waals surface area contributed by atoms with Gasteiger partial charge in [0.25, 0.3) is 0 Å². The van der Waals surface area contributed by atoms with Gasteiger partial charge in [0, 0.05) is 29.9 Å². The SMILES string of the molecule is CN1Cc2cccc(Cl)c2C(C(=O)Nc2ccc3c(c2)OCO3)C1. The maximum absolute atomic E-state index is 12.9. The van der Waals surface area contributed by atoms with Crippen LogP contribution in [0, 0.1) is 0 Å². The molecule has 2 aromatic carbocycles. The Morgan fingerprint density at radius 3 is 2.96 bits per heavy atom. The van der Waals surface area contributed by atoms with Crippen LogP contribution in [0.5, 0.6) is 11.5 Å². The zero-order chi connectivity index (χ0) is 16.7. The number of ether oxygens (including phenoxy) is 2. The minimum Gasteiger partial charge on any atom is -0.454 e. The molecule has 0 saturated carbocycles. The summed E-state index contributed by atoms with van der Waals surface area (Å²) in [6.45, 7) is 1.64. The average molecular weight is 345 g/mol. The standard InChI is InChI=1S/C18H17ClN2O3/c1-21-8-11-3-2-4-14(19)17(11)13(9-21)18(22)20-12-5-6-15-16(7-12)24-10-23-15/h2-7,13H,8-10H2,1H3,(H,20,22). The Balaban J connectivity index is 1.61. The molecule has 2 aliphatic heterocycles. The van der Waals surface area contributed by atoms with E-state index in [1.807, 2.05) is 31.3 Å². The molecular weight excluding hydrogens is 328 g/mol. The van der Waals surface area contributed by atoms with Crippen molar-refractivity contribution in [3.8, 4) is 11.5 Å². The number of carbonyl (C=O) groups excluding carboxylic acids is 1. The molecule has 24 heavy (non-hydrogen) atoms. The van der Waals surface area contributed by atoms with Crippen LogP contribution in [0.15, 0.2) is 36.4 Å². The summed E-state index contributed by atoms with van der Waals surface area (Å²) < 4.78 is 10.6. The van der Waals surface area contributed by atoms with Crippen molar-refractivity contribution >= 4 is 23.2 Å². The Morgan fingerprint density at radius 2 is 2.08 bits per heavy atom. The van der Waals surface area contributed by atoms with E-state index < -0.39 is 0 Å². The van der Waals surface area contributed by atoms with Crippen molar-refractivity contribution < 1.29 is 14.3 Å². The fourth-order valence-corrected chi connectivity index (χ4v) is 3.61. The number of halogens is 1. The van der Waals surface area contributed by atoms with E-state index in [1.54, 1.807) is 12.1 Å². The summed E-state index contributed by atoms with van der Waals surface area (Å²) >= 11 is 6.37. The van der Waals surface area contributed by atoms with Crippen LogP contribution in [-0.2, 0) is 11.3 Å². The highest BCUT2D eigenvalue weighted by Gasteiger charge is 2.31. The normalized spacial score (nSPS) is 19.0. The molecule has 1 unspecified atom stereocenters. The van der Waals surface area contributed by atoms with E-state index in [-0.39, 0.29) is 18.6 Å². The number of anilines is 1. The maximum atomic E-state index is 12.9. The largest absolute Gasteiger partial charge is 0.454 e. The summed E-state index contributed by atoms with van der Waals surface area (Å²) in [5.74, 6) is 0.957. The Hall–Kier alpha value is -2.24. The molecule has 5 nitrogen and oxygen atoms in total. The molecule has 0 spiro atoms. The topological polar surface area (TPSA) is 50.8 Å². The summed E-state index contributed by atoms with van der Waals surface area (Å²) in [4.78, 5) is 15.0. The summed E-state index contributed by atoms with van der Waals surface area (Å²) in [6, 6.07) is 11.2. The highest BCUT2D eigenvalue weighted by Crippen LogP contribution is 2.36. The monoisotopic (exact) mass is 344 g/mol. The molecule has 2 aliphatic rings. The van der Waals surface area contributed by atoms with Crippen molar-refractivity contribution in [1.82, 2.24) is 4.90 Å². The zero-order valence-corrected chi connectivity index (χ0v) is 14.0. The summed E-state index contributed by atoms with van der Waals surface area (Å²) in [5, 5.41) is 3.62. The van der Waals surface area contributed by atoms with Gasteiger partial charge >= 0.3 is 0 Å². The first-order valence-corrected chi connectivity index (χ1v) is 8.16. The zero-order valence-electron chi connectivity index (χ0n) is 13.2. The van der Waals surface area contributed by atoms with Gasteiger partial charge in [0.05, 0.1) is 5.92 Å². The van der Waals surface area contributed by atoms with E-state index in [0.29, 0.717) is 28.8 Å². The highest BCUT2D eigenvalue weighted by molar-refractivity contribution is 6.31. The molecule has 1 amide bonds. The van der Waals surface area contributed by atoms with Crippen LogP contribution in [0.3, 0.4) is 0 Å². The minimum atomic E-state index is -0.308. The molecule has 0 bridgehead atoms. The number of nitrogens with one attached hydrogen (secondary N) is 1. The molecule has 1 N–H and O–H groups in total. The molecule has 1 atom stereocenters. The average Bonchev–Trinajstić information content (AvgIpc) is 3.01. The number of fused-ring (bicyclic) bond motifs is 2. The molecule has 2 heterocycles. The Morgan fingerprint density at radius 1 is 1.25 bits per heavy atom. The van der Waals surface area contributed by atoms with Gasteiger partial charge in [0.15, 0.2) is 11.5 Å². The van der Waals surface area contributed by atoms with E-state index in [1.165, 1.54) is 0 Å². The van der Waals surface area contributed by atoms with Gasteiger partial charge in [0.1, 0.15) is 0 Å². The Kier molecular flexibility index (Phi) is 3.82. The first-order chi connectivity index (χ1) is 11.6. The fraction of sp³-hybridized carbons (Fsp3) is 0.278. The second-order valence-electron chi connectivity index (χ2n) is 6.12. The van der Waals surface area contributed by atoms with Crippen LogP contribution in [0.2, 0.25) is 5.02 Å². The molecule has 0 aromatic heterocycles. The van der Waals surface area contributed by atoms with Crippen LogP contribution in [0.25, 0.3) is 0 Å². The summed E-state index contributed by atoms with van der Waals surface area (Å²) in [6.07, 6.45) is 0. The lowest BCUT2D eigenvalue weighted by Gasteiger charge is -2.32. The van der Waals surface area contributed by atoms with E-state index in [2.05, 4.69) is 10.2 Å². The first-order valence-electron chi connectivity index (χ1n) is 7.78. The molecule has 124 valence electrons. The molecule has 6 heteroatoms. The van der Waals surface area contributed by atoms with Crippen molar-refractivity contribution in [3.05, 3.63) is 52.5 Å². The fourth-order valence-electron chi connectivity index (χ4n) is 3.29. The van der Waals surface area contributed by atoms with E-state index >= 15 is 0 Å². The van der Waals surface area contributed by atoms with Crippen molar-refractivity contribution in [2.24, 2.45) is 0 Å². The smallest absolute Gasteiger partial charge is 0.233 e. The minimum absolute atomic E-state index is 0.0743. The van der Waals surface area contributed by atoms with E-state index in [0.717, 1.165) is 17.7 Å². The van der Waals surface area contributed by atoms with Gasteiger partial charge in [-0.3, -0.25) is 4.79 Å². The quantitative estimate of drug-likeness (QED) is 0.908. The molecule has 2 aromatic rings. The second-order valence-corrected chi connectivity index (χ2v) is 6.53. The molecule has 4 rings (SSSR count). The van der Waals surface area contributed by atoms with Crippen LogP contribution in [0.1, 0.15) is 17.0 Å². The number of amides is 1. The number of benzene rings is 2. The lowest BCUT2D eigenvalue weighted by molar-refractivity contribution is -0.118. The third-order valence-corrected chi connectivity index (χ3v) is 4.71. The van der Waals surface area contributed by atoms with Crippen molar-refractivity contribution in [2.45, 2.75) is 12.5 Å². The molecule has 0 radical (unpaired) electrons. The van der Waals surface area contributed by atoms with Gasteiger partial charge in [-0.2, -0.15) is 0 Å². The number of hydrogen-bond donors (Lipinski definition) is 1. The molecular formula is C18H17ClN2O3. The van der Waals surface area contributed by atoms with Crippen molar-refractivity contribution in [3.63, 3.8) is 0 Å². The first kappa shape index (κ1) is 15.3. The van der Waals surface area contributed by atoms with Crippen molar-refractivity contribution in [1.29, 1.82) is 0 Å². The van der Waals surface area contributed by atoms with E-state index in [4.69, 9.17) is 21.1 Å². The maximum Gasteiger partial charge on any atom is 0.233 e. The Bertz CT molecular complexity index is 809. The molecule has 0 aliphatic carbocycles. The van der Waals surface area contributed by atoms with Gasteiger partial charge in [0.2, 0.25) is 12.7 Å². The molecule has 0 saturated heterocycles. The van der Waals surface area contributed by atoms with Gasteiger partial charge in [-0.05, 0) is 36.4 Å². The van der Waals surface area contributed by atoms with Gasteiger partial charge < -0.3 is 19.7 Å². The highest BCUT2D eigenvalue weighted by atomic mass is 35.5. The summed E-state index contributed by atoms with van der Waals surface area (Å²) in [7, 11) is 2.00. The van der Waals surface area contributed by atoms with Gasteiger partial charge in [-0.25, -0.2) is 0 Å². The molecule has 0 fully saturated rings. The van der Waals surface area contributed by atoms with Crippen molar-refractivity contribution in [2.75, 3.05) is 25.7 Å². The van der Waals surface area contributed by atoms with Crippen LogP contribution < -0.4 is 14.8 Å². The third-order valence-electron chi connectivity index (χ3n) is 4.38. The number of hydrogen-bond acceptors (Lipinski definition) is 4. The second kappa shape index (κ2) is 6.00. The number of nitrogens with zero attached hydrogens (tertiary/aromatic N) is 1. The third kappa shape index (κ3) is 2.70. The van der Waals surface area contributed by atoms with Gasteiger partial charge in [-0.15, -0.1) is 0 Å². The Labute approximate surface area is 145 Å². The van der Waals surface area contributed by atoms with Crippen LogP contribution in [0.4, 0.5) is 5.69 Å².